The first-order valence-corrected chi connectivity index (χ1v) is 5.64. The summed E-state index contributed by atoms with van der Waals surface area (Å²) in [5.74, 6) is 0.216. The maximum absolute atomic E-state index is 11.4. The van der Waals surface area contributed by atoms with Crippen molar-refractivity contribution >= 4 is 37.6 Å². The van der Waals surface area contributed by atoms with Crippen LogP contribution in [-0.2, 0) is 0 Å². The minimum Gasteiger partial charge on any atom is -0.507 e. The molecule has 0 saturated carbocycles. The molecule has 0 aliphatic heterocycles. The Balaban J connectivity index is 2.90. The van der Waals surface area contributed by atoms with Gasteiger partial charge in [-0.25, -0.2) is 0 Å². The van der Waals surface area contributed by atoms with Gasteiger partial charge < -0.3 is 5.11 Å². The lowest BCUT2D eigenvalue weighted by Crippen LogP contribution is -1.98. The lowest BCUT2D eigenvalue weighted by atomic mass is 10.1. The number of carbonyl (C=O) groups excluding carboxylic acids is 1. The van der Waals surface area contributed by atoms with Gasteiger partial charge in [-0.15, -0.1) is 0 Å². The molecule has 1 aromatic rings. The first kappa shape index (κ1) is 10.7. The third-order valence-electron chi connectivity index (χ3n) is 1.59. The number of phenols is 1. The quantitative estimate of drug-likeness (QED) is 0.688. The van der Waals surface area contributed by atoms with Crippen LogP contribution in [0.25, 0.3) is 0 Å². The molecular weight excluding hydrogens is 300 g/mol. The van der Waals surface area contributed by atoms with Gasteiger partial charge in [0.1, 0.15) is 5.75 Å². The van der Waals surface area contributed by atoms with Gasteiger partial charge in [-0.05, 0) is 34.1 Å². The number of alkyl halides is 1. The van der Waals surface area contributed by atoms with Crippen LogP contribution in [0.5, 0.6) is 5.75 Å². The summed E-state index contributed by atoms with van der Waals surface area (Å²) in [5, 5.41) is 9.85. The zero-order chi connectivity index (χ0) is 9.84. The van der Waals surface area contributed by atoms with Crippen LogP contribution in [0.15, 0.2) is 22.7 Å². The maximum Gasteiger partial charge on any atom is 0.163 e. The molecule has 0 amide bonds. The van der Waals surface area contributed by atoms with Crippen molar-refractivity contribution < 1.29 is 9.90 Å². The number of halogens is 2. The molecule has 0 saturated heterocycles. The Morgan fingerprint density at radius 3 is 2.69 bits per heavy atom. The van der Waals surface area contributed by atoms with E-state index in [0.29, 0.717) is 21.8 Å². The summed E-state index contributed by atoms with van der Waals surface area (Å²) in [4.78, 5) is 11.4. The van der Waals surface area contributed by atoms with Crippen LogP contribution in [0, 0.1) is 0 Å². The summed E-state index contributed by atoms with van der Waals surface area (Å²) in [5.41, 5.74) is 0.615. The summed E-state index contributed by atoms with van der Waals surface area (Å²) in [7, 11) is 0. The lowest BCUT2D eigenvalue weighted by molar-refractivity contribution is 0.0990. The molecule has 0 fully saturated rings. The average Bonchev–Trinajstić information content (AvgIpc) is 2.10. The van der Waals surface area contributed by atoms with Crippen LogP contribution < -0.4 is 0 Å². The van der Waals surface area contributed by atoms with Gasteiger partial charge in [0, 0.05) is 17.3 Å². The molecule has 0 aliphatic rings. The molecule has 4 heteroatoms. The zero-order valence-corrected chi connectivity index (χ0v) is 9.93. The van der Waals surface area contributed by atoms with Gasteiger partial charge in [0.25, 0.3) is 0 Å². The largest absolute Gasteiger partial charge is 0.507 e. The van der Waals surface area contributed by atoms with Crippen molar-refractivity contribution in [3.8, 4) is 5.75 Å². The Morgan fingerprint density at radius 2 is 2.15 bits per heavy atom. The molecule has 1 N–H and O–H groups in total. The molecule has 0 aromatic heterocycles. The number of benzene rings is 1. The van der Waals surface area contributed by atoms with Crippen molar-refractivity contribution in [2.45, 2.75) is 6.42 Å². The molecule has 0 aliphatic carbocycles. The van der Waals surface area contributed by atoms with E-state index in [1.54, 1.807) is 12.1 Å². The minimum absolute atomic E-state index is 0.0672. The van der Waals surface area contributed by atoms with Crippen molar-refractivity contribution in [2.75, 3.05) is 5.33 Å². The van der Waals surface area contributed by atoms with Crippen LogP contribution in [0.1, 0.15) is 16.8 Å². The van der Waals surface area contributed by atoms with Gasteiger partial charge in [-0.1, -0.05) is 15.9 Å². The monoisotopic (exact) mass is 306 g/mol. The highest BCUT2D eigenvalue weighted by atomic mass is 79.9. The van der Waals surface area contributed by atoms with Crippen molar-refractivity contribution in [3.63, 3.8) is 0 Å². The Bertz CT molecular complexity index is 323. The molecule has 0 heterocycles. The summed E-state index contributed by atoms with van der Waals surface area (Å²) in [6.07, 6.45) is 0.469. The third-order valence-corrected chi connectivity index (χ3v) is 2.62. The number of phenolic OH excluding ortho intramolecular Hbond substituents is 1. The molecular formula is C9H8Br2O2. The first-order valence-electron chi connectivity index (χ1n) is 3.73. The van der Waals surface area contributed by atoms with Gasteiger partial charge in [0.2, 0.25) is 0 Å². The predicted molar refractivity (Wildman–Crippen MR) is 58.5 cm³/mol. The maximum atomic E-state index is 11.4. The van der Waals surface area contributed by atoms with E-state index >= 15 is 0 Å². The number of hydrogen-bond donors (Lipinski definition) is 1. The van der Waals surface area contributed by atoms with Gasteiger partial charge in [-0.2, -0.15) is 0 Å². The van der Waals surface area contributed by atoms with Crippen LogP contribution in [-0.4, -0.2) is 16.2 Å². The second-order valence-corrected chi connectivity index (χ2v) is 4.18. The Kier molecular flexibility index (Phi) is 3.93. The van der Waals surface area contributed by atoms with Crippen molar-refractivity contribution in [1.29, 1.82) is 0 Å². The van der Waals surface area contributed by atoms with E-state index in [-0.39, 0.29) is 11.5 Å². The molecule has 70 valence electrons. The highest BCUT2D eigenvalue weighted by molar-refractivity contribution is 9.10. The van der Waals surface area contributed by atoms with Crippen molar-refractivity contribution in [2.24, 2.45) is 0 Å². The number of Topliss-reactive ketones (excluding diaryl/α,β-unsaturated/α-hetero) is 1. The molecule has 0 spiro atoms. The van der Waals surface area contributed by atoms with Crippen molar-refractivity contribution in [1.82, 2.24) is 0 Å². The minimum atomic E-state index is 0.0672. The standard InChI is InChI=1S/C9H8Br2O2/c10-4-3-8(12)6-1-2-9(13)7(11)5-6/h1-2,5,13H,3-4H2. The number of ketones is 1. The Hall–Kier alpha value is -0.350. The molecule has 13 heavy (non-hydrogen) atoms. The van der Waals surface area contributed by atoms with E-state index < -0.39 is 0 Å². The molecule has 0 unspecified atom stereocenters. The second kappa shape index (κ2) is 4.77. The SMILES string of the molecule is O=C(CCBr)c1ccc(O)c(Br)c1. The first-order chi connectivity index (χ1) is 6.15. The second-order valence-electron chi connectivity index (χ2n) is 2.53. The molecule has 0 bridgehead atoms. The fraction of sp³-hybridized carbons (Fsp3) is 0.222. The third kappa shape index (κ3) is 2.81. The van der Waals surface area contributed by atoms with Gasteiger partial charge in [0.15, 0.2) is 5.78 Å². The van der Waals surface area contributed by atoms with E-state index in [2.05, 4.69) is 31.9 Å². The van der Waals surface area contributed by atoms with Crippen LogP contribution in [0.3, 0.4) is 0 Å². The van der Waals surface area contributed by atoms with E-state index in [1.807, 2.05) is 0 Å². The summed E-state index contributed by atoms with van der Waals surface area (Å²) in [6.45, 7) is 0. The smallest absolute Gasteiger partial charge is 0.163 e. The molecule has 1 aromatic carbocycles. The van der Waals surface area contributed by atoms with Gasteiger partial charge >= 0.3 is 0 Å². The Morgan fingerprint density at radius 1 is 1.46 bits per heavy atom. The molecule has 0 radical (unpaired) electrons. The summed E-state index contributed by atoms with van der Waals surface area (Å²) < 4.78 is 0.549. The highest BCUT2D eigenvalue weighted by Gasteiger charge is 2.06. The fourth-order valence-electron chi connectivity index (χ4n) is 0.911. The Labute approximate surface area is 93.2 Å². The zero-order valence-electron chi connectivity index (χ0n) is 6.76. The van der Waals surface area contributed by atoms with E-state index in [4.69, 9.17) is 0 Å². The fourth-order valence-corrected chi connectivity index (χ4v) is 1.65. The average molecular weight is 308 g/mol. The van der Waals surface area contributed by atoms with Crippen LogP contribution >= 0.6 is 31.9 Å². The molecule has 2 nitrogen and oxygen atoms in total. The lowest BCUT2D eigenvalue weighted by Gasteiger charge is -2.00. The predicted octanol–water partition coefficient (Wildman–Crippen LogP) is 3.12. The van der Waals surface area contributed by atoms with E-state index in [0.717, 1.165) is 0 Å². The summed E-state index contributed by atoms with van der Waals surface area (Å²) in [6, 6.07) is 4.75. The normalized spacial score (nSPS) is 10.0. The number of aromatic hydroxyl groups is 1. The van der Waals surface area contributed by atoms with Crippen LogP contribution in [0.2, 0.25) is 0 Å². The van der Waals surface area contributed by atoms with Gasteiger partial charge in [0.05, 0.1) is 4.47 Å². The van der Waals surface area contributed by atoms with E-state index in [1.165, 1.54) is 6.07 Å². The number of rotatable bonds is 3. The van der Waals surface area contributed by atoms with Crippen LogP contribution in [0.4, 0.5) is 0 Å². The summed E-state index contributed by atoms with van der Waals surface area (Å²) >= 11 is 6.35. The topological polar surface area (TPSA) is 37.3 Å². The van der Waals surface area contributed by atoms with E-state index in [9.17, 15) is 9.90 Å². The van der Waals surface area contributed by atoms with Gasteiger partial charge in [-0.3, -0.25) is 4.79 Å². The number of hydrogen-bond acceptors (Lipinski definition) is 2. The molecule has 0 atom stereocenters. The highest BCUT2D eigenvalue weighted by Crippen LogP contribution is 2.24. The molecule has 1 rings (SSSR count). The number of carbonyl (C=O) groups is 1. The van der Waals surface area contributed by atoms with Crippen molar-refractivity contribution in [3.05, 3.63) is 28.2 Å².